The first-order chi connectivity index (χ1) is 10.4. The molecule has 0 heterocycles. The second-order valence-corrected chi connectivity index (χ2v) is 5.22. The molecule has 2 aromatic carbocycles. The van der Waals surface area contributed by atoms with Crippen molar-refractivity contribution in [3.8, 4) is 5.75 Å². The third kappa shape index (κ3) is 6.01. The van der Waals surface area contributed by atoms with E-state index in [1.807, 2.05) is 6.07 Å². The van der Waals surface area contributed by atoms with Gasteiger partial charge in [-0.05, 0) is 49.1 Å². The molecule has 2 heteroatoms. The fourth-order valence-electron chi connectivity index (χ4n) is 2.28. The fraction of sp³-hybridized carbons (Fsp3) is 0.368. The summed E-state index contributed by atoms with van der Waals surface area (Å²) in [6.07, 6.45) is 3.39. The van der Waals surface area contributed by atoms with Crippen LogP contribution in [0.1, 0.15) is 30.9 Å². The third-order valence-corrected chi connectivity index (χ3v) is 3.45. The number of unbranched alkanes of at least 4 members (excludes halogenated alkanes) is 1. The average Bonchev–Trinajstić information content (AvgIpc) is 2.54. The first kappa shape index (κ1) is 15.6. The zero-order valence-corrected chi connectivity index (χ0v) is 12.8. The van der Waals surface area contributed by atoms with Gasteiger partial charge in [0, 0.05) is 6.54 Å². The van der Waals surface area contributed by atoms with Crippen LogP contribution in [0.15, 0.2) is 54.6 Å². The summed E-state index contributed by atoms with van der Waals surface area (Å²) < 4.78 is 5.84. The van der Waals surface area contributed by atoms with E-state index in [0.29, 0.717) is 0 Å². The molecule has 2 rings (SSSR count). The highest BCUT2D eigenvalue weighted by Crippen LogP contribution is 2.14. The average molecular weight is 283 g/mol. The minimum atomic E-state index is 0.789. The van der Waals surface area contributed by atoms with Gasteiger partial charge in [-0.3, -0.25) is 0 Å². The molecule has 1 N–H and O–H groups in total. The SMILES string of the molecule is CCNCc1cccc(OCCCCc2ccccc2)c1. The van der Waals surface area contributed by atoms with E-state index in [4.69, 9.17) is 4.74 Å². The highest BCUT2D eigenvalue weighted by Gasteiger charge is 1.97. The highest BCUT2D eigenvalue weighted by atomic mass is 16.5. The van der Waals surface area contributed by atoms with Crippen molar-refractivity contribution in [1.82, 2.24) is 5.32 Å². The summed E-state index contributed by atoms with van der Waals surface area (Å²) in [4.78, 5) is 0. The summed E-state index contributed by atoms with van der Waals surface area (Å²) in [6, 6.07) is 19.0. The maximum Gasteiger partial charge on any atom is 0.119 e. The number of hydrogen-bond acceptors (Lipinski definition) is 2. The van der Waals surface area contributed by atoms with E-state index in [2.05, 4.69) is 60.8 Å². The minimum Gasteiger partial charge on any atom is -0.494 e. The summed E-state index contributed by atoms with van der Waals surface area (Å²) in [5, 5.41) is 3.33. The van der Waals surface area contributed by atoms with E-state index in [-0.39, 0.29) is 0 Å². The number of rotatable bonds is 9. The molecule has 0 saturated carbocycles. The Bertz CT molecular complexity index is 510. The van der Waals surface area contributed by atoms with E-state index in [0.717, 1.165) is 38.3 Å². The molecule has 0 atom stereocenters. The summed E-state index contributed by atoms with van der Waals surface area (Å²) in [6.45, 7) is 4.80. The summed E-state index contributed by atoms with van der Waals surface area (Å²) >= 11 is 0. The molecule has 0 aliphatic heterocycles. The van der Waals surface area contributed by atoms with E-state index < -0.39 is 0 Å². The van der Waals surface area contributed by atoms with Crippen LogP contribution in [0.3, 0.4) is 0 Å². The molecule has 0 saturated heterocycles. The van der Waals surface area contributed by atoms with Crippen LogP contribution in [0.25, 0.3) is 0 Å². The van der Waals surface area contributed by atoms with Crippen LogP contribution in [0.5, 0.6) is 5.75 Å². The van der Waals surface area contributed by atoms with Crippen LogP contribution in [0, 0.1) is 0 Å². The van der Waals surface area contributed by atoms with Gasteiger partial charge in [0.05, 0.1) is 6.61 Å². The molecule has 112 valence electrons. The maximum absolute atomic E-state index is 5.84. The quantitative estimate of drug-likeness (QED) is 0.696. The van der Waals surface area contributed by atoms with Crippen molar-refractivity contribution in [2.24, 2.45) is 0 Å². The van der Waals surface area contributed by atoms with E-state index >= 15 is 0 Å². The van der Waals surface area contributed by atoms with Crippen LogP contribution in [0.2, 0.25) is 0 Å². The number of ether oxygens (including phenoxy) is 1. The van der Waals surface area contributed by atoms with E-state index in [9.17, 15) is 0 Å². The van der Waals surface area contributed by atoms with Gasteiger partial charge in [-0.1, -0.05) is 49.4 Å². The Hall–Kier alpha value is -1.80. The smallest absolute Gasteiger partial charge is 0.119 e. The van der Waals surface area contributed by atoms with Gasteiger partial charge in [-0.2, -0.15) is 0 Å². The lowest BCUT2D eigenvalue weighted by molar-refractivity contribution is 0.306. The van der Waals surface area contributed by atoms with E-state index in [1.165, 1.54) is 17.5 Å². The van der Waals surface area contributed by atoms with Gasteiger partial charge >= 0.3 is 0 Å². The Morgan fingerprint density at radius 2 is 1.71 bits per heavy atom. The number of aryl methyl sites for hydroxylation is 1. The molecule has 0 fully saturated rings. The Labute approximate surface area is 128 Å². The third-order valence-electron chi connectivity index (χ3n) is 3.45. The first-order valence-corrected chi connectivity index (χ1v) is 7.85. The molecule has 0 aromatic heterocycles. The lowest BCUT2D eigenvalue weighted by Crippen LogP contribution is -2.11. The van der Waals surface area contributed by atoms with Crippen molar-refractivity contribution in [2.45, 2.75) is 32.7 Å². The zero-order valence-electron chi connectivity index (χ0n) is 12.8. The van der Waals surface area contributed by atoms with Crippen molar-refractivity contribution in [3.05, 3.63) is 65.7 Å². The Morgan fingerprint density at radius 1 is 0.905 bits per heavy atom. The molecule has 2 nitrogen and oxygen atoms in total. The molecule has 0 aliphatic rings. The second-order valence-electron chi connectivity index (χ2n) is 5.22. The molecule has 0 spiro atoms. The minimum absolute atomic E-state index is 0.789. The molecule has 0 amide bonds. The van der Waals surface area contributed by atoms with Crippen LogP contribution in [0.4, 0.5) is 0 Å². The van der Waals surface area contributed by atoms with Crippen molar-refractivity contribution in [2.75, 3.05) is 13.2 Å². The normalized spacial score (nSPS) is 10.5. The molecule has 2 aromatic rings. The first-order valence-electron chi connectivity index (χ1n) is 7.85. The lowest BCUT2D eigenvalue weighted by atomic mass is 10.1. The second kappa shape index (κ2) is 9.19. The van der Waals surface area contributed by atoms with Gasteiger partial charge in [-0.15, -0.1) is 0 Å². The van der Waals surface area contributed by atoms with Gasteiger partial charge in [0.25, 0.3) is 0 Å². The lowest BCUT2D eigenvalue weighted by Gasteiger charge is -2.08. The Kier molecular flexibility index (Phi) is 6.82. The number of nitrogens with one attached hydrogen (secondary N) is 1. The van der Waals surface area contributed by atoms with Gasteiger partial charge < -0.3 is 10.1 Å². The fourth-order valence-corrected chi connectivity index (χ4v) is 2.28. The van der Waals surface area contributed by atoms with Crippen molar-refractivity contribution >= 4 is 0 Å². The van der Waals surface area contributed by atoms with Crippen LogP contribution < -0.4 is 10.1 Å². The van der Waals surface area contributed by atoms with Crippen molar-refractivity contribution in [1.29, 1.82) is 0 Å². The predicted octanol–water partition coefficient (Wildman–Crippen LogP) is 4.20. The Balaban J connectivity index is 1.66. The Morgan fingerprint density at radius 3 is 2.52 bits per heavy atom. The van der Waals surface area contributed by atoms with Gasteiger partial charge in [0.1, 0.15) is 5.75 Å². The van der Waals surface area contributed by atoms with Gasteiger partial charge in [0.15, 0.2) is 0 Å². The molecule has 0 unspecified atom stereocenters. The van der Waals surface area contributed by atoms with E-state index in [1.54, 1.807) is 0 Å². The largest absolute Gasteiger partial charge is 0.494 e. The van der Waals surface area contributed by atoms with Gasteiger partial charge in [-0.25, -0.2) is 0 Å². The molecular formula is C19H25NO. The molecule has 0 aliphatic carbocycles. The standard InChI is InChI=1S/C19H25NO/c1-2-20-16-18-12-8-13-19(15-18)21-14-7-6-11-17-9-4-3-5-10-17/h3-5,8-10,12-13,15,20H,2,6-7,11,14,16H2,1H3. The maximum atomic E-state index is 5.84. The highest BCUT2D eigenvalue weighted by molar-refractivity contribution is 5.28. The monoisotopic (exact) mass is 283 g/mol. The zero-order chi connectivity index (χ0) is 14.8. The molecule has 0 radical (unpaired) electrons. The van der Waals surface area contributed by atoms with Crippen molar-refractivity contribution in [3.63, 3.8) is 0 Å². The molecule has 21 heavy (non-hydrogen) atoms. The van der Waals surface area contributed by atoms with Crippen LogP contribution in [-0.2, 0) is 13.0 Å². The number of hydrogen-bond donors (Lipinski definition) is 1. The molecular weight excluding hydrogens is 258 g/mol. The predicted molar refractivity (Wildman–Crippen MR) is 88.7 cm³/mol. The summed E-state index contributed by atoms with van der Waals surface area (Å²) in [7, 11) is 0. The summed E-state index contributed by atoms with van der Waals surface area (Å²) in [5.41, 5.74) is 2.68. The van der Waals surface area contributed by atoms with Crippen LogP contribution >= 0.6 is 0 Å². The van der Waals surface area contributed by atoms with Crippen molar-refractivity contribution < 1.29 is 4.74 Å². The summed E-state index contributed by atoms with van der Waals surface area (Å²) in [5.74, 6) is 0.977. The number of benzene rings is 2. The van der Waals surface area contributed by atoms with Crippen LogP contribution in [-0.4, -0.2) is 13.2 Å². The van der Waals surface area contributed by atoms with Gasteiger partial charge in [0.2, 0.25) is 0 Å². The topological polar surface area (TPSA) is 21.3 Å². The molecule has 0 bridgehead atoms.